The Hall–Kier alpha value is -5.55. The Morgan fingerprint density at radius 2 is 1.42 bits per heavy atom. The molecule has 206 valence electrons. The van der Waals surface area contributed by atoms with Gasteiger partial charge in [0.05, 0.1) is 16.7 Å². The van der Waals surface area contributed by atoms with E-state index in [-0.39, 0.29) is 11.8 Å². The van der Waals surface area contributed by atoms with Crippen LogP contribution in [0.3, 0.4) is 0 Å². The lowest BCUT2D eigenvalue weighted by molar-refractivity contribution is 0.437. The van der Waals surface area contributed by atoms with E-state index in [2.05, 4.69) is 66.7 Å². The van der Waals surface area contributed by atoms with Crippen molar-refractivity contribution in [3.05, 3.63) is 166 Å². The van der Waals surface area contributed by atoms with Crippen LogP contribution in [0, 0.1) is 10.8 Å². The monoisotopic (exact) mass is 557 g/mol. The highest BCUT2D eigenvalue weighted by atomic mass is 16.5. The normalized spacial score (nSPS) is 17.4. The molecule has 4 aromatic carbocycles. The SMILES string of the molecule is N=C(OC(=N)c1ccc(-c2cccc3c2Oc2ccccc2C32C3=C(CCC=C3)c3ccccc32)nc1)c1ccccc1. The van der Waals surface area contributed by atoms with Gasteiger partial charge in [0, 0.05) is 28.5 Å². The molecule has 43 heavy (non-hydrogen) atoms. The van der Waals surface area contributed by atoms with Gasteiger partial charge in [-0.05, 0) is 71.5 Å². The average Bonchev–Trinajstić information content (AvgIpc) is 3.36. The van der Waals surface area contributed by atoms with Crippen LogP contribution in [0.25, 0.3) is 16.8 Å². The Kier molecular flexibility index (Phi) is 5.73. The number of benzene rings is 4. The first-order valence-electron chi connectivity index (χ1n) is 14.4. The second kappa shape index (κ2) is 9.78. The molecule has 0 saturated carbocycles. The van der Waals surface area contributed by atoms with Crippen LogP contribution in [0.4, 0.5) is 0 Å². The number of hydrogen-bond acceptors (Lipinski definition) is 5. The lowest BCUT2D eigenvalue weighted by atomic mass is 9.64. The average molecular weight is 558 g/mol. The van der Waals surface area contributed by atoms with Crippen LogP contribution in [-0.4, -0.2) is 16.8 Å². The number of allylic oxidation sites excluding steroid dienone is 4. The van der Waals surface area contributed by atoms with Crippen LogP contribution in [0.2, 0.25) is 0 Å². The molecule has 5 aromatic rings. The molecule has 1 spiro atoms. The highest BCUT2D eigenvalue weighted by Gasteiger charge is 2.52. The molecule has 0 radical (unpaired) electrons. The number of nitrogens with one attached hydrogen (secondary N) is 2. The van der Waals surface area contributed by atoms with Crippen molar-refractivity contribution < 1.29 is 9.47 Å². The van der Waals surface area contributed by atoms with Gasteiger partial charge in [-0.25, -0.2) is 0 Å². The summed E-state index contributed by atoms with van der Waals surface area (Å²) in [6.45, 7) is 0. The Morgan fingerprint density at radius 1 is 0.698 bits per heavy atom. The van der Waals surface area contributed by atoms with Crippen molar-refractivity contribution in [2.45, 2.75) is 18.3 Å². The van der Waals surface area contributed by atoms with Crippen molar-refractivity contribution >= 4 is 17.4 Å². The fraction of sp³-hybridized carbons (Fsp3) is 0.0789. The first-order valence-corrected chi connectivity index (χ1v) is 14.4. The van der Waals surface area contributed by atoms with Crippen LogP contribution in [0.15, 0.2) is 133 Å². The van der Waals surface area contributed by atoms with Crippen LogP contribution in [0.1, 0.15) is 46.2 Å². The van der Waals surface area contributed by atoms with Gasteiger partial charge in [0.2, 0.25) is 11.8 Å². The van der Waals surface area contributed by atoms with Gasteiger partial charge in [0.1, 0.15) is 11.5 Å². The summed E-state index contributed by atoms with van der Waals surface area (Å²) in [6.07, 6.45) is 8.29. The minimum absolute atomic E-state index is 0.0774. The largest absolute Gasteiger partial charge is 0.456 e. The van der Waals surface area contributed by atoms with E-state index in [0.717, 1.165) is 46.7 Å². The number of ether oxygens (including phenoxy) is 2. The number of nitrogens with zero attached hydrogens (tertiary/aromatic N) is 1. The molecular weight excluding hydrogens is 530 g/mol. The van der Waals surface area contributed by atoms with E-state index < -0.39 is 5.41 Å². The van der Waals surface area contributed by atoms with Crippen LogP contribution in [0.5, 0.6) is 11.5 Å². The smallest absolute Gasteiger partial charge is 0.222 e. The van der Waals surface area contributed by atoms with Gasteiger partial charge in [-0.3, -0.25) is 15.8 Å². The highest BCUT2D eigenvalue weighted by Crippen LogP contribution is 2.63. The van der Waals surface area contributed by atoms with Gasteiger partial charge < -0.3 is 9.47 Å². The van der Waals surface area contributed by atoms with E-state index in [1.54, 1.807) is 18.3 Å². The third-order valence-corrected chi connectivity index (χ3v) is 8.69. The van der Waals surface area contributed by atoms with Crippen LogP contribution in [-0.2, 0) is 10.2 Å². The molecule has 0 saturated heterocycles. The predicted molar refractivity (Wildman–Crippen MR) is 169 cm³/mol. The molecule has 1 unspecified atom stereocenters. The molecule has 0 amide bonds. The summed E-state index contributed by atoms with van der Waals surface area (Å²) in [5.74, 6) is 1.43. The molecule has 2 N–H and O–H groups in total. The lowest BCUT2D eigenvalue weighted by Gasteiger charge is -2.41. The molecule has 1 atom stereocenters. The van der Waals surface area contributed by atoms with E-state index >= 15 is 0 Å². The maximum Gasteiger partial charge on any atom is 0.222 e. The summed E-state index contributed by atoms with van der Waals surface area (Å²) in [5, 5.41) is 16.7. The maximum absolute atomic E-state index is 8.44. The Bertz CT molecular complexity index is 2010. The fourth-order valence-electron chi connectivity index (χ4n) is 6.86. The second-order valence-electron chi connectivity index (χ2n) is 11.0. The van der Waals surface area contributed by atoms with Gasteiger partial charge in [-0.1, -0.05) is 84.9 Å². The molecular formula is C38H27N3O2. The highest BCUT2D eigenvalue weighted by molar-refractivity contribution is 6.04. The molecule has 2 aliphatic carbocycles. The fourth-order valence-corrected chi connectivity index (χ4v) is 6.86. The molecule has 3 aliphatic rings. The first-order chi connectivity index (χ1) is 21.2. The van der Waals surface area contributed by atoms with Gasteiger partial charge in [-0.2, -0.15) is 0 Å². The molecule has 0 bridgehead atoms. The van der Waals surface area contributed by atoms with E-state index in [1.807, 2.05) is 42.5 Å². The van der Waals surface area contributed by atoms with Crippen molar-refractivity contribution in [1.29, 1.82) is 10.8 Å². The van der Waals surface area contributed by atoms with E-state index in [4.69, 9.17) is 25.3 Å². The minimum Gasteiger partial charge on any atom is -0.456 e. The number of aromatic nitrogens is 1. The summed E-state index contributed by atoms with van der Waals surface area (Å²) < 4.78 is 12.3. The zero-order valence-electron chi connectivity index (χ0n) is 23.3. The molecule has 5 heteroatoms. The van der Waals surface area contributed by atoms with Crippen molar-refractivity contribution in [2.24, 2.45) is 0 Å². The first kappa shape index (κ1) is 25.2. The summed E-state index contributed by atoms with van der Waals surface area (Å²) >= 11 is 0. The topological polar surface area (TPSA) is 79.0 Å². The van der Waals surface area contributed by atoms with Crippen LogP contribution >= 0.6 is 0 Å². The Labute approximate surface area is 249 Å². The quantitative estimate of drug-likeness (QED) is 0.172. The third kappa shape index (κ3) is 3.75. The number of rotatable bonds is 3. The molecule has 1 aromatic heterocycles. The Morgan fingerprint density at radius 3 is 2.26 bits per heavy atom. The van der Waals surface area contributed by atoms with E-state index in [9.17, 15) is 0 Å². The molecule has 1 aliphatic heterocycles. The molecule has 0 fully saturated rings. The van der Waals surface area contributed by atoms with Crippen molar-refractivity contribution in [1.82, 2.24) is 4.98 Å². The van der Waals surface area contributed by atoms with Gasteiger partial charge >= 0.3 is 0 Å². The van der Waals surface area contributed by atoms with Crippen LogP contribution < -0.4 is 4.74 Å². The number of hydrogen-bond donors (Lipinski definition) is 2. The van der Waals surface area contributed by atoms with Crippen molar-refractivity contribution in [3.63, 3.8) is 0 Å². The predicted octanol–water partition coefficient (Wildman–Crippen LogP) is 8.67. The molecule has 8 rings (SSSR count). The molecule has 2 heterocycles. The number of para-hydroxylation sites is 2. The zero-order chi connectivity index (χ0) is 29.0. The van der Waals surface area contributed by atoms with Gasteiger partial charge in [0.15, 0.2) is 0 Å². The second-order valence-corrected chi connectivity index (χ2v) is 11.0. The van der Waals surface area contributed by atoms with E-state index in [0.29, 0.717) is 11.1 Å². The van der Waals surface area contributed by atoms with Gasteiger partial charge in [-0.15, -0.1) is 0 Å². The minimum atomic E-state index is -0.489. The molecule has 5 nitrogen and oxygen atoms in total. The standard InChI is InChI=1S/C38H27N3O2/c39-36(24-11-2-1-3-12-24)43-37(40)25-21-22-33(41-23-25)28-15-10-19-32-35(28)42-34-20-9-8-18-31(34)38(32)29-16-6-4-13-26(29)27-14-5-7-17-30(27)38/h1-4,6-13,15-23,39-40H,5,14H2. The van der Waals surface area contributed by atoms with E-state index in [1.165, 1.54) is 22.3 Å². The third-order valence-electron chi connectivity index (χ3n) is 8.69. The van der Waals surface area contributed by atoms with Crippen molar-refractivity contribution in [3.8, 4) is 22.8 Å². The maximum atomic E-state index is 8.44. The summed E-state index contributed by atoms with van der Waals surface area (Å²) in [6, 6.07) is 36.3. The Balaban J connectivity index is 1.24. The lowest BCUT2D eigenvalue weighted by Crippen LogP contribution is -2.33. The zero-order valence-corrected chi connectivity index (χ0v) is 23.3. The van der Waals surface area contributed by atoms with Crippen molar-refractivity contribution in [2.75, 3.05) is 0 Å². The summed E-state index contributed by atoms with van der Waals surface area (Å²) in [7, 11) is 0. The summed E-state index contributed by atoms with van der Waals surface area (Å²) in [4.78, 5) is 4.76. The summed E-state index contributed by atoms with van der Waals surface area (Å²) in [5.41, 5.74) is 9.82. The number of pyridine rings is 1. The number of fused-ring (bicyclic) bond motifs is 8. The van der Waals surface area contributed by atoms with Gasteiger partial charge in [0.25, 0.3) is 0 Å².